The van der Waals surface area contributed by atoms with Crippen LogP contribution >= 0.6 is 0 Å². The lowest BCUT2D eigenvalue weighted by Gasteiger charge is -2.08. The van der Waals surface area contributed by atoms with Crippen LogP contribution in [0.1, 0.15) is 42.2 Å². The van der Waals surface area contributed by atoms with Gasteiger partial charge in [-0.05, 0) is 37.8 Å². The number of ether oxygens (including phenoxy) is 1. The minimum Gasteiger partial charge on any atom is -0.385 e. The maximum Gasteiger partial charge on any atom is 0.251 e. The molecule has 0 aliphatic rings. The smallest absolute Gasteiger partial charge is 0.251 e. The number of carbonyl (C=O) groups excluding carboxylic acids is 1. The number of nitrogens with one attached hydrogen (secondary N) is 2. The number of aromatic nitrogens is 1. The predicted molar refractivity (Wildman–Crippen MR) is 81.2 cm³/mol. The second kappa shape index (κ2) is 9.31. The molecule has 0 aliphatic carbocycles. The molecule has 0 unspecified atom stereocenters. The maximum atomic E-state index is 12.1. The van der Waals surface area contributed by atoms with E-state index in [-0.39, 0.29) is 5.91 Å². The van der Waals surface area contributed by atoms with Gasteiger partial charge in [-0.25, -0.2) is 4.98 Å². The van der Waals surface area contributed by atoms with Crippen LogP contribution in [-0.2, 0) is 11.2 Å². The molecular weight excluding hydrogens is 254 g/mol. The van der Waals surface area contributed by atoms with Gasteiger partial charge in [0.25, 0.3) is 5.91 Å². The van der Waals surface area contributed by atoms with Gasteiger partial charge in [0.2, 0.25) is 0 Å². The van der Waals surface area contributed by atoms with Crippen LogP contribution < -0.4 is 10.6 Å². The highest BCUT2D eigenvalue weighted by Crippen LogP contribution is 2.10. The summed E-state index contributed by atoms with van der Waals surface area (Å²) in [5.41, 5.74) is 1.58. The molecule has 0 aliphatic heterocycles. The van der Waals surface area contributed by atoms with Crippen molar-refractivity contribution in [3.63, 3.8) is 0 Å². The van der Waals surface area contributed by atoms with Crippen molar-refractivity contribution in [1.82, 2.24) is 10.3 Å². The van der Waals surface area contributed by atoms with E-state index in [1.807, 2.05) is 13.0 Å². The normalized spacial score (nSPS) is 10.3. The number of rotatable bonds is 9. The van der Waals surface area contributed by atoms with Crippen molar-refractivity contribution < 1.29 is 9.53 Å². The highest BCUT2D eigenvalue weighted by molar-refractivity contribution is 5.94. The van der Waals surface area contributed by atoms with Crippen LogP contribution in [0, 0.1) is 0 Å². The number of amides is 1. The molecule has 1 heterocycles. The number of anilines is 1. The van der Waals surface area contributed by atoms with Crippen molar-refractivity contribution in [2.75, 3.05) is 32.6 Å². The van der Waals surface area contributed by atoms with E-state index in [2.05, 4.69) is 15.6 Å². The van der Waals surface area contributed by atoms with E-state index in [1.165, 1.54) is 0 Å². The van der Waals surface area contributed by atoms with Gasteiger partial charge in [0.05, 0.1) is 0 Å². The molecule has 0 radical (unpaired) electrons. The topological polar surface area (TPSA) is 63.2 Å². The van der Waals surface area contributed by atoms with Gasteiger partial charge in [-0.3, -0.25) is 4.79 Å². The highest BCUT2D eigenvalue weighted by atomic mass is 16.5. The molecule has 0 saturated heterocycles. The molecule has 1 amide bonds. The molecule has 0 aromatic carbocycles. The van der Waals surface area contributed by atoms with Crippen molar-refractivity contribution >= 4 is 11.7 Å². The Labute approximate surface area is 121 Å². The third-order valence-corrected chi connectivity index (χ3v) is 3.07. The van der Waals surface area contributed by atoms with Gasteiger partial charge in [-0.15, -0.1) is 0 Å². The fraction of sp³-hybridized carbons (Fsp3) is 0.600. The Balaban J connectivity index is 2.46. The number of nitrogens with zero attached hydrogens (tertiary/aromatic N) is 1. The number of carbonyl (C=O) groups is 1. The Morgan fingerprint density at radius 2 is 2.10 bits per heavy atom. The molecule has 0 fully saturated rings. The first-order valence-electron chi connectivity index (χ1n) is 7.17. The average Bonchev–Trinajstić information content (AvgIpc) is 2.49. The molecule has 1 aromatic heterocycles. The minimum atomic E-state index is -0.0367. The zero-order valence-electron chi connectivity index (χ0n) is 12.7. The maximum absolute atomic E-state index is 12.1. The molecule has 20 heavy (non-hydrogen) atoms. The monoisotopic (exact) mass is 279 g/mol. The van der Waals surface area contributed by atoms with Gasteiger partial charge in [-0.1, -0.05) is 6.92 Å². The van der Waals surface area contributed by atoms with Gasteiger partial charge in [-0.2, -0.15) is 0 Å². The van der Waals surface area contributed by atoms with Crippen molar-refractivity contribution in [1.29, 1.82) is 0 Å². The predicted octanol–water partition coefficient (Wildman–Crippen LogP) is 2.23. The van der Waals surface area contributed by atoms with Crippen LogP contribution in [-0.4, -0.2) is 38.2 Å². The van der Waals surface area contributed by atoms with E-state index in [0.29, 0.717) is 12.1 Å². The zero-order valence-corrected chi connectivity index (χ0v) is 12.7. The number of aryl methyl sites for hydroxylation is 1. The van der Waals surface area contributed by atoms with Crippen molar-refractivity contribution in [2.24, 2.45) is 0 Å². The van der Waals surface area contributed by atoms with Crippen LogP contribution in [0.15, 0.2) is 12.1 Å². The van der Waals surface area contributed by atoms with E-state index >= 15 is 0 Å². The van der Waals surface area contributed by atoms with Gasteiger partial charge in [0, 0.05) is 38.6 Å². The first-order chi connectivity index (χ1) is 9.71. The summed E-state index contributed by atoms with van der Waals surface area (Å²) >= 11 is 0. The van der Waals surface area contributed by atoms with E-state index in [4.69, 9.17) is 4.74 Å². The summed E-state index contributed by atoms with van der Waals surface area (Å²) in [6.45, 7) is 3.50. The standard InChI is InChI=1S/C15H25N3O2/c1-4-13-10-12(11-14(16-2)18-13)15(19)17-8-6-5-7-9-20-3/h10-11H,4-9H2,1-3H3,(H,16,18)(H,17,19). The Morgan fingerprint density at radius 1 is 1.30 bits per heavy atom. The van der Waals surface area contributed by atoms with Crippen molar-refractivity contribution in [3.05, 3.63) is 23.4 Å². The first-order valence-corrected chi connectivity index (χ1v) is 7.17. The van der Waals surface area contributed by atoms with Gasteiger partial charge in [0.15, 0.2) is 0 Å². The summed E-state index contributed by atoms with van der Waals surface area (Å²) in [4.78, 5) is 16.5. The lowest BCUT2D eigenvalue weighted by atomic mass is 10.1. The molecule has 0 bridgehead atoms. The summed E-state index contributed by atoms with van der Waals surface area (Å²) in [5, 5.41) is 5.93. The number of hydrogen-bond donors (Lipinski definition) is 2. The van der Waals surface area contributed by atoms with Crippen LogP contribution in [0.2, 0.25) is 0 Å². The Morgan fingerprint density at radius 3 is 2.75 bits per heavy atom. The molecule has 2 N–H and O–H groups in total. The van der Waals surface area contributed by atoms with Gasteiger partial charge in [0.1, 0.15) is 5.82 Å². The molecule has 1 aromatic rings. The fourth-order valence-corrected chi connectivity index (χ4v) is 1.88. The zero-order chi connectivity index (χ0) is 14.8. The fourth-order valence-electron chi connectivity index (χ4n) is 1.88. The Kier molecular flexibility index (Phi) is 7.65. The molecule has 112 valence electrons. The average molecular weight is 279 g/mol. The molecule has 1 rings (SSSR count). The summed E-state index contributed by atoms with van der Waals surface area (Å²) in [7, 11) is 3.51. The van der Waals surface area contributed by atoms with Crippen molar-refractivity contribution in [3.8, 4) is 0 Å². The summed E-state index contributed by atoms with van der Waals surface area (Å²) in [6, 6.07) is 3.63. The third kappa shape index (κ3) is 5.57. The Bertz CT molecular complexity index is 399. The summed E-state index contributed by atoms with van der Waals surface area (Å²) in [5.74, 6) is 0.694. The Hall–Kier alpha value is -1.62. The second-order valence-corrected chi connectivity index (χ2v) is 4.65. The molecule has 0 saturated carbocycles. The lowest BCUT2D eigenvalue weighted by Crippen LogP contribution is -2.24. The molecule has 5 nitrogen and oxygen atoms in total. The highest BCUT2D eigenvalue weighted by Gasteiger charge is 2.08. The molecule has 5 heteroatoms. The van der Waals surface area contributed by atoms with Crippen LogP contribution in [0.5, 0.6) is 0 Å². The van der Waals surface area contributed by atoms with E-state index < -0.39 is 0 Å². The van der Waals surface area contributed by atoms with Crippen molar-refractivity contribution in [2.45, 2.75) is 32.6 Å². The summed E-state index contributed by atoms with van der Waals surface area (Å²) < 4.78 is 4.99. The molecule has 0 spiro atoms. The SMILES string of the molecule is CCc1cc(C(=O)NCCCCCOC)cc(NC)n1. The first kappa shape index (κ1) is 16.4. The number of unbranched alkanes of at least 4 members (excludes halogenated alkanes) is 2. The third-order valence-electron chi connectivity index (χ3n) is 3.07. The van der Waals surface area contributed by atoms with E-state index in [1.54, 1.807) is 20.2 Å². The van der Waals surface area contributed by atoms with E-state index in [0.717, 1.165) is 43.8 Å². The number of hydrogen-bond acceptors (Lipinski definition) is 4. The molecular formula is C15H25N3O2. The molecule has 0 atom stereocenters. The van der Waals surface area contributed by atoms with Gasteiger partial charge < -0.3 is 15.4 Å². The number of pyridine rings is 1. The van der Waals surface area contributed by atoms with Crippen LogP contribution in [0.3, 0.4) is 0 Å². The summed E-state index contributed by atoms with van der Waals surface area (Å²) in [6.07, 6.45) is 3.88. The second-order valence-electron chi connectivity index (χ2n) is 4.65. The van der Waals surface area contributed by atoms with Gasteiger partial charge >= 0.3 is 0 Å². The lowest BCUT2D eigenvalue weighted by molar-refractivity contribution is 0.0952. The van der Waals surface area contributed by atoms with E-state index in [9.17, 15) is 4.79 Å². The number of methoxy groups -OCH3 is 1. The quantitative estimate of drug-likeness (QED) is 0.680. The van der Waals surface area contributed by atoms with Crippen LogP contribution in [0.25, 0.3) is 0 Å². The minimum absolute atomic E-state index is 0.0367. The largest absolute Gasteiger partial charge is 0.385 e. The van der Waals surface area contributed by atoms with Crippen LogP contribution in [0.4, 0.5) is 5.82 Å².